The van der Waals surface area contributed by atoms with Crippen molar-refractivity contribution >= 4 is 11.6 Å². The largest absolute Gasteiger partial charge is 0.373 e. The molecule has 2 atom stereocenters. The SMILES string of the molecule is CCc1c(NC)ncnc1N(C)CC1CC1C. The van der Waals surface area contributed by atoms with Crippen LogP contribution in [-0.2, 0) is 6.42 Å². The van der Waals surface area contributed by atoms with E-state index < -0.39 is 0 Å². The summed E-state index contributed by atoms with van der Waals surface area (Å²) in [6.45, 7) is 5.57. The topological polar surface area (TPSA) is 41.1 Å². The highest BCUT2D eigenvalue weighted by Crippen LogP contribution is 2.39. The molecule has 1 aliphatic rings. The predicted octanol–water partition coefficient (Wildman–Crippen LogP) is 2.17. The first-order valence-electron chi connectivity index (χ1n) is 6.40. The fourth-order valence-corrected chi connectivity index (χ4v) is 2.36. The van der Waals surface area contributed by atoms with Gasteiger partial charge in [-0.3, -0.25) is 0 Å². The molecule has 1 saturated carbocycles. The summed E-state index contributed by atoms with van der Waals surface area (Å²) < 4.78 is 0. The fourth-order valence-electron chi connectivity index (χ4n) is 2.36. The Labute approximate surface area is 103 Å². The first-order valence-corrected chi connectivity index (χ1v) is 6.40. The number of hydrogen-bond donors (Lipinski definition) is 1. The summed E-state index contributed by atoms with van der Waals surface area (Å²) in [5, 5.41) is 3.14. The Kier molecular flexibility index (Phi) is 3.50. The van der Waals surface area contributed by atoms with Gasteiger partial charge in [-0.15, -0.1) is 0 Å². The highest BCUT2D eigenvalue weighted by molar-refractivity contribution is 5.58. The molecule has 1 aromatic rings. The molecule has 4 heteroatoms. The minimum atomic E-state index is 0.845. The first kappa shape index (κ1) is 12.1. The minimum Gasteiger partial charge on any atom is -0.373 e. The molecule has 2 unspecified atom stereocenters. The summed E-state index contributed by atoms with van der Waals surface area (Å²) in [6.07, 6.45) is 3.96. The Balaban J connectivity index is 2.18. The Hall–Kier alpha value is -1.32. The van der Waals surface area contributed by atoms with Crippen molar-refractivity contribution in [2.45, 2.75) is 26.7 Å². The standard InChI is InChI=1S/C13H22N4/c1-5-11-12(14-3)15-8-16-13(11)17(4)7-10-6-9(10)2/h8-10H,5-7H2,1-4H3,(H,14,15,16). The van der Waals surface area contributed by atoms with Crippen molar-refractivity contribution in [3.05, 3.63) is 11.9 Å². The van der Waals surface area contributed by atoms with Crippen LogP contribution >= 0.6 is 0 Å². The van der Waals surface area contributed by atoms with E-state index in [1.54, 1.807) is 6.33 Å². The van der Waals surface area contributed by atoms with Crippen molar-refractivity contribution < 1.29 is 0 Å². The van der Waals surface area contributed by atoms with Crippen LogP contribution in [0.2, 0.25) is 0 Å². The van der Waals surface area contributed by atoms with Crippen LogP contribution in [0.4, 0.5) is 11.6 Å². The van der Waals surface area contributed by atoms with E-state index in [2.05, 4.69) is 41.1 Å². The van der Waals surface area contributed by atoms with E-state index in [0.29, 0.717) is 0 Å². The molecule has 0 aliphatic heterocycles. The monoisotopic (exact) mass is 234 g/mol. The van der Waals surface area contributed by atoms with E-state index in [9.17, 15) is 0 Å². The van der Waals surface area contributed by atoms with Crippen LogP contribution in [0.15, 0.2) is 6.33 Å². The highest BCUT2D eigenvalue weighted by atomic mass is 15.2. The van der Waals surface area contributed by atoms with Crippen LogP contribution in [0.25, 0.3) is 0 Å². The molecule has 94 valence electrons. The number of nitrogens with zero attached hydrogens (tertiary/aromatic N) is 3. The Morgan fingerprint density at radius 2 is 2.18 bits per heavy atom. The first-order chi connectivity index (χ1) is 8.17. The molecular formula is C13H22N4. The van der Waals surface area contributed by atoms with E-state index >= 15 is 0 Å². The summed E-state index contributed by atoms with van der Waals surface area (Å²) in [4.78, 5) is 11.0. The summed E-state index contributed by atoms with van der Waals surface area (Å²) >= 11 is 0. The number of aromatic nitrogens is 2. The maximum absolute atomic E-state index is 4.44. The van der Waals surface area contributed by atoms with Crippen LogP contribution in [0.3, 0.4) is 0 Å². The van der Waals surface area contributed by atoms with E-state index in [0.717, 1.165) is 36.4 Å². The van der Waals surface area contributed by atoms with Crippen molar-refractivity contribution in [3.63, 3.8) is 0 Å². The van der Waals surface area contributed by atoms with E-state index in [4.69, 9.17) is 0 Å². The number of nitrogens with one attached hydrogen (secondary N) is 1. The van der Waals surface area contributed by atoms with Gasteiger partial charge in [0.1, 0.15) is 18.0 Å². The minimum absolute atomic E-state index is 0.845. The lowest BCUT2D eigenvalue weighted by Gasteiger charge is -2.22. The van der Waals surface area contributed by atoms with Gasteiger partial charge in [-0.05, 0) is 24.7 Å². The number of hydrogen-bond acceptors (Lipinski definition) is 4. The van der Waals surface area contributed by atoms with Crippen molar-refractivity contribution in [1.29, 1.82) is 0 Å². The zero-order valence-corrected chi connectivity index (χ0v) is 11.2. The lowest BCUT2D eigenvalue weighted by atomic mass is 10.2. The second-order valence-electron chi connectivity index (χ2n) is 4.98. The van der Waals surface area contributed by atoms with Crippen molar-refractivity contribution in [2.24, 2.45) is 11.8 Å². The third-order valence-electron chi connectivity index (χ3n) is 3.66. The molecule has 1 N–H and O–H groups in total. The number of rotatable bonds is 5. The van der Waals surface area contributed by atoms with Gasteiger partial charge in [0, 0.05) is 26.2 Å². The van der Waals surface area contributed by atoms with Gasteiger partial charge in [-0.2, -0.15) is 0 Å². The van der Waals surface area contributed by atoms with Crippen molar-refractivity contribution in [3.8, 4) is 0 Å². The molecule has 1 fully saturated rings. The van der Waals surface area contributed by atoms with Crippen molar-refractivity contribution in [1.82, 2.24) is 9.97 Å². The third kappa shape index (κ3) is 2.51. The van der Waals surface area contributed by atoms with E-state index in [1.165, 1.54) is 12.0 Å². The van der Waals surface area contributed by atoms with Crippen LogP contribution in [0.1, 0.15) is 25.8 Å². The zero-order valence-electron chi connectivity index (χ0n) is 11.2. The molecule has 4 nitrogen and oxygen atoms in total. The van der Waals surface area contributed by atoms with Gasteiger partial charge in [0.15, 0.2) is 0 Å². The van der Waals surface area contributed by atoms with E-state index in [-0.39, 0.29) is 0 Å². The molecule has 2 rings (SSSR count). The van der Waals surface area contributed by atoms with Crippen LogP contribution in [0.5, 0.6) is 0 Å². The number of anilines is 2. The average Bonchev–Trinajstić information content (AvgIpc) is 3.03. The maximum atomic E-state index is 4.44. The Morgan fingerprint density at radius 1 is 1.47 bits per heavy atom. The highest BCUT2D eigenvalue weighted by Gasteiger charge is 2.33. The molecule has 0 aromatic carbocycles. The molecular weight excluding hydrogens is 212 g/mol. The quantitative estimate of drug-likeness (QED) is 0.847. The Morgan fingerprint density at radius 3 is 2.71 bits per heavy atom. The van der Waals surface area contributed by atoms with E-state index in [1.807, 2.05) is 7.05 Å². The molecule has 1 aliphatic carbocycles. The second-order valence-corrected chi connectivity index (χ2v) is 4.98. The van der Waals surface area contributed by atoms with Gasteiger partial charge in [0.2, 0.25) is 0 Å². The predicted molar refractivity (Wildman–Crippen MR) is 71.5 cm³/mol. The van der Waals surface area contributed by atoms with Gasteiger partial charge in [-0.25, -0.2) is 9.97 Å². The van der Waals surface area contributed by atoms with Crippen LogP contribution in [-0.4, -0.2) is 30.6 Å². The smallest absolute Gasteiger partial charge is 0.137 e. The fraction of sp³-hybridized carbons (Fsp3) is 0.692. The van der Waals surface area contributed by atoms with Crippen molar-refractivity contribution in [2.75, 3.05) is 30.9 Å². The molecule has 0 saturated heterocycles. The van der Waals surface area contributed by atoms with Crippen LogP contribution in [0, 0.1) is 11.8 Å². The lowest BCUT2D eigenvalue weighted by molar-refractivity contribution is 0.715. The molecule has 17 heavy (non-hydrogen) atoms. The molecule has 0 bridgehead atoms. The molecule has 0 spiro atoms. The van der Waals surface area contributed by atoms with Gasteiger partial charge >= 0.3 is 0 Å². The average molecular weight is 234 g/mol. The van der Waals surface area contributed by atoms with Gasteiger partial charge < -0.3 is 10.2 Å². The molecule has 1 aromatic heterocycles. The summed E-state index contributed by atoms with van der Waals surface area (Å²) in [6, 6.07) is 0. The maximum Gasteiger partial charge on any atom is 0.137 e. The summed E-state index contributed by atoms with van der Waals surface area (Å²) in [5.74, 6) is 3.75. The van der Waals surface area contributed by atoms with Gasteiger partial charge in [-0.1, -0.05) is 13.8 Å². The molecule has 0 radical (unpaired) electrons. The lowest BCUT2D eigenvalue weighted by Crippen LogP contribution is -2.23. The van der Waals surface area contributed by atoms with Gasteiger partial charge in [0.05, 0.1) is 0 Å². The van der Waals surface area contributed by atoms with Crippen LogP contribution < -0.4 is 10.2 Å². The van der Waals surface area contributed by atoms with Gasteiger partial charge in [0.25, 0.3) is 0 Å². The molecule has 0 amide bonds. The molecule has 1 heterocycles. The third-order valence-corrected chi connectivity index (χ3v) is 3.66. The zero-order chi connectivity index (χ0) is 12.4. The normalized spacial score (nSPS) is 22.4. The Bertz CT molecular complexity index is 391. The summed E-state index contributed by atoms with van der Waals surface area (Å²) in [7, 11) is 4.04. The second kappa shape index (κ2) is 4.90. The summed E-state index contributed by atoms with van der Waals surface area (Å²) in [5.41, 5.74) is 1.21.